The Morgan fingerprint density at radius 2 is 2.25 bits per heavy atom. The molecule has 86 valence electrons. The molecular formula is C12H16N2O2. The van der Waals surface area contributed by atoms with Crippen LogP contribution in [0, 0.1) is 5.92 Å². The molecular weight excluding hydrogens is 204 g/mol. The topological polar surface area (TPSA) is 51.1 Å². The summed E-state index contributed by atoms with van der Waals surface area (Å²) < 4.78 is 1.45. The van der Waals surface area contributed by atoms with E-state index in [1.165, 1.54) is 23.5 Å². The fourth-order valence-electron chi connectivity index (χ4n) is 1.69. The molecule has 1 heterocycles. The van der Waals surface area contributed by atoms with E-state index in [2.05, 4.69) is 5.32 Å². The van der Waals surface area contributed by atoms with E-state index in [1.807, 2.05) is 6.92 Å². The first-order valence-electron chi connectivity index (χ1n) is 5.55. The van der Waals surface area contributed by atoms with Gasteiger partial charge in [-0.1, -0.05) is 0 Å². The molecule has 1 amide bonds. The SMILES string of the molecule is C[C@H](NC(=O)c1ccn(C)c(=O)c1)C1CC1. The third-order valence-corrected chi connectivity index (χ3v) is 3.05. The number of hydrogen-bond acceptors (Lipinski definition) is 2. The third-order valence-electron chi connectivity index (χ3n) is 3.05. The number of carbonyl (C=O) groups is 1. The Balaban J connectivity index is 2.08. The number of carbonyl (C=O) groups excluding carboxylic acids is 1. The summed E-state index contributed by atoms with van der Waals surface area (Å²) in [6.07, 6.45) is 4.00. The normalized spacial score (nSPS) is 16.9. The van der Waals surface area contributed by atoms with Crippen molar-refractivity contribution >= 4 is 5.91 Å². The minimum absolute atomic E-state index is 0.155. The van der Waals surface area contributed by atoms with Gasteiger partial charge in [0.25, 0.3) is 11.5 Å². The lowest BCUT2D eigenvalue weighted by atomic mass is 10.2. The second kappa shape index (κ2) is 4.12. The van der Waals surface area contributed by atoms with Gasteiger partial charge in [-0.25, -0.2) is 0 Å². The van der Waals surface area contributed by atoms with Gasteiger partial charge in [-0.05, 0) is 31.7 Å². The standard InChI is InChI=1S/C12H16N2O2/c1-8(9-3-4-9)13-12(16)10-5-6-14(2)11(15)7-10/h5-9H,3-4H2,1-2H3,(H,13,16)/t8-/m0/s1. The van der Waals surface area contributed by atoms with Crippen LogP contribution in [0.15, 0.2) is 23.1 Å². The van der Waals surface area contributed by atoms with E-state index in [9.17, 15) is 9.59 Å². The predicted octanol–water partition coefficient (Wildman–Crippen LogP) is 0.914. The van der Waals surface area contributed by atoms with Crippen LogP contribution in [0.4, 0.5) is 0 Å². The van der Waals surface area contributed by atoms with Crippen LogP contribution in [0.5, 0.6) is 0 Å². The molecule has 1 N–H and O–H groups in total. The van der Waals surface area contributed by atoms with E-state index >= 15 is 0 Å². The highest BCUT2D eigenvalue weighted by Crippen LogP contribution is 2.32. The number of rotatable bonds is 3. The molecule has 2 rings (SSSR count). The maximum atomic E-state index is 11.8. The van der Waals surface area contributed by atoms with Gasteiger partial charge in [-0.15, -0.1) is 0 Å². The van der Waals surface area contributed by atoms with Crippen LogP contribution in [0.3, 0.4) is 0 Å². The highest BCUT2D eigenvalue weighted by atomic mass is 16.2. The maximum absolute atomic E-state index is 11.8. The maximum Gasteiger partial charge on any atom is 0.251 e. The molecule has 1 saturated carbocycles. The Bertz CT molecular complexity index is 460. The molecule has 1 aliphatic rings. The quantitative estimate of drug-likeness (QED) is 0.823. The number of aryl methyl sites for hydroxylation is 1. The van der Waals surface area contributed by atoms with Crippen LogP contribution >= 0.6 is 0 Å². The van der Waals surface area contributed by atoms with E-state index in [4.69, 9.17) is 0 Å². The third kappa shape index (κ3) is 2.32. The van der Waals surface area contributed by atoms with Crippen molar-refractivity contribution in [3.05, 3.63) is 34.2 Å². The Labute approximate surface area is 94.3 Å². The Kier molecular flexibility index (Phi) is 2.81. The van der Waals surface area contributed by atoms with Crippen molar-refractivity contribution in [2.75, 3.05) is 0 Å². The lowest BCUT2D eigenvalue weighted by Crippen LogP contribution is -2.34. The Morgan fingerprint density at radius 3 is 2.81 bits per heavy atom. The number of hydrogen-bond donors (Lipinski definition) is 1. The van der Waals surface area contributed by atoms with Crippen LogP contribution < -0.4 is 10.9 Å². The van der Waals surface area contributed by atoms with E-state index < -0.39 is 0 Å². The number of nitrogens with one attached hydrogen (secondary N) is 1. The summed E-state index contributed by atoms with van der Waals surface area (Å²) in [6, 6.07) is 3.24. The largest absolute Gasteiger partial charge is 0.349 e. The van der Waals surface area contributed by atoms with Gasteiger partial charge in [0, 0.05) is 30.9 Å². The summed E-state index contributed by atoms with van der Waals surface area (Å²) in [7, 11) is 1.66. The van der Waals surface area contributed by atoms with Crippen molar-refractivity contribution in [2.24, 2.45) is 13.0 Å². The molecule has 1 atom stereocenters. The molecule has 1 aromatic heterocycles. The van der Waals surface area contributed by atoms with Gasteiger partial charge < -0.3 is 9.88 Å². The van der Waals surface area contributed by atoms with Gasteiger partial charge in [0.15, 0.2) is 0 Å². The van der Waals surface area contributed by atoms with Gasteiger partial charge in [0.2, 0.25) is 0 Å². The number of amides is 1. The van der Waals surface area contributed by atoms with Gasteiger partial charge in [-0.3, -0.25) is 9.59 Å². The van der Waals surface area contributed by atoms with Crippen LogP contribution in [0.1, 0.15) is 30.1 Å². The van der Waals surface area contributed by atoms with Gasteiger partial charge in [-0.2, -0.15) is 0 Å². The minimum atomic E-state index is -0.160. The van der Waals surface area contributed by atoms with Gasteiger partial charge >= 0.3 is 0 Å². The fourth-order valence-corrected chi connectivity index (χ4v) is 1.69. The zero-order valence-corrected chi connectivity index (χ0v) is 9.56. The molecule has 0 aliphatic heterocycles. The summed E-state index contributed by atoms with van der Waals surface area (Å²) in [5.41, 5.74) is 0.280. The molecule has 0 radical (unpaired) electrons. The number of pyridine rings is 1. The van der Waals surface area contributed by atoms with Crippen molar-refractivity contribution in [3.8, 4) is 0 Å². The van der Waals surface area contributed by atoms with Crippen molar-refractivity contribution in [1.82, 2.24) is 9.88 Å². The Morgan fingerprint density at radius 1 is 1.56 bits per heavy atom. The van der Waals surface area contributed by atoms with Crippen molar-refractivity contribution in [1.29, 1.82) is 0 Å². The molecule has 4 heteroatoms. The smallest absolute Gasteiger partial charge is 0.251 e. The summed E-state index contributed by atoms with van der Waals surface area (Å²) in [5.74, 6) is 0.465. The molecule has 16 heavy (non-hydrogen) atoms. The second-order valence-electron chi connectivity index (χ2n) is 4.46. The lowest BCUT2D eigenvalue weighted by Gasteiger charge is -2.12. The molecule has 0 aromatic carbocycles. The molecule has 0 unspecified atom stereocenters. The first kappa shape index (κ1) is 10.9. The molecule has 0 bridgehead atoms. The summed E-state index contributed by atoms with van der Waals surface area (Å²) in [4.78, 5) is 23.2. The highest BCUT2D eigenvalue weighted by Gasteiger charge is 2.29. The van der Waals surface area contributed by atoms with Crippen LogP contribution in [-0.2, 0) is 7.05 Å². The van der Waals surface area contributed by atoms with E-state index in [1.54, 1.807) is 19.3 Å². The minimum Gasteiger partial charge on any atom is -0.349 e. The molecule has 1 fully saturated rings. The zero-order chi connectivity index (χ0) is 11.7. The zero-order valence-electron chi connectivity index (χ0n) is 9.56. The highest BCUT2D eigenvalue weighted by molar-refractivity contribution is 5.94. The first-order valence-corrected chi connectivity index (χ1v) is 5.55. The van der Waals surface area contributed by atoms with Crippen LogP contribution in [0.2, 0.25) is 0 Å². The summed E-state index contributed by atoms with van der Waals surface area (Å²) in [6.45, 7) is 2.01. The molecule has 4 nitrogen and oxygen atoms in total. The van der Waals surface area contributed by atoms with Crippen LogP contribution in [0.25, 0.3) is 0 Å². The molecule has 0 saturated heterocycles. The van der Waals surface area contributed by atoms with Crippen LogP contribution in [-0.4, -0.2) is 16.5 Å². The molecule has 0 spiro atoms. The number of nitrogens with zero attached hydrogens (tertiary/aromatic N) is 1. The fraction of sp³-hybridized carbons (Fsp3) is 0.500. The van der Waals surface area contributed by atoms with Crippen molar-refractivity contribution in [2.45, 2.75) is 25.8 Å². The average Bonchev–Trinajstić information content (AvgIpc) is 3.05. The monoisotopic (exact) mass is 220 g/mol. The van der Waals surface area contributed by atoms with Crippen molar-refractivity contribution < 1.29 is 4.79 Å². The lowest BCUT2D eigenvalue weighted by molar-refractivity contribution is 0.0935. The van der Waals surface area contributed by atoms with E-state index in [-0.39, 0.29) is 17.5 Å². The first-order chi connectivity index (χ1) is 7.58. The summed E-state index contributed by atoms with van der Waals surface area (Å²) in [5, 5.41) is 2.92. The van der Waals surface area contributed by atoms with E-state index in [0.717, 1.165) is 0 Å². The molecule has 1 aromatic rings. The second-order valence-corrected chi connectivity index (χ2v) is 4.46. The molecule has 1 aliphatic carbocycles. The average molecular weight is 220 g/mol. The van der Waals surface area contributed by atoms with Gasteiger partial charge in [0.1, 0.15) is 0 Å². The van der Waals surface area contributed by atoms with E-state index in [0.29, 0.717) is 11.5 Å². The Hall–Kier alpha value is -1.58. The van der Waals surface area contributed by atoms with Crippen molar-refractivity contribution in [3.63, 3.8) is 0 Å². The summed E-state index contributed by atoms with van der Waals surface area (Å²) >= 11 is 0. The predicted molar refractivity (Wildman–Crippen MR) is 61.3 cm³/mol. The number of aromatic nitrogens is 1. The van der Waals surface area contributed by atoms with Gasteiger partial charge in [0.05, 0.1) is 0 Å².